The molecule has 0 spiro atoms. The van der Waals surface area contributed by atoms with Crippen molar-refractivity contribution in [2.45, 2.75) is 19.3 Å². The van der Waals surface area contributed by atoms with Gasteiger partial charge in [-0.3, -0.25) is 0 Å². The van der Waals surface area contributed by atoms with Crippen molar-refractivity contribution < 1.29 is 0 Å². The molecule has 2 nitrogen and oxygen atoms in total. The van der Waals surface area contributed by atoms with Gasteiger partial charge >= 0.3 is 0 Å². The quantitative estimate of drug-likeness (QED) is 0.190. The number of aromatic nitrogens is 2. The molecule has 0 fully saturated rings. The number of nitrogens with zero attached hydrogens (tertiary/aromatic N) is 2. The summed E-state index contributed by atoms with van der Waals surface area (Å²) in [5.41, 5.74) is 15.2. The van der Waals surface area contributed by atoms with Crippen LogP contribution in [0, 0.1) is 0 Å². The van der Waals surface area contributed by atoms with E-state index < -0.39 is 0 Å². The average molecular weight is 627 g/mol. The number of hydrogen-bond acceptors (Lipinski definition) is 2. The van der Waals surface area contributed by atoms with Crippen LogP contribution in [0.15, 0.2) is 170 Å². The van der Waals surface area contributed by atoms with Crippen molar-refractivity contribution >= 4 is 10.8 Å². The molecule has 1 aliphatic carbocycles. The van der Waals surface area contributed by atoms with Gasteiger partial charge in [0.1, 0.15) is 0 Å². The van der Waals surface area contributed by atoms with Gasteiger partial charge in [-0.15, -0.1) is 0 Å². The highest BCUT2D eigenvalue weighted by Crippen LogP contribution is 2.55. The minimum atomic E-state index is -0.159. The largest absolute Gasteiger partial charge is 0.228 e. The molecule has 7 aromatic carbocycles. The van der Waals surface area contributed by atoms with Crippen molar-refractivity contribution in [3.63, 3.8) is 0 Å². The molecule has 0 atom stereocenters. The van der Waals surface area contributed by atoms with Crippen molar-refractivity contribution in [2.75, 3.05) is 0 Å². The number of rotatable bonds is 5. The number of hydrogen-bond donors (Lipinski definition) is 0. The Morgan fingerprint density at radius 2 is 0.959 bits per heavy atom. The second kappa shape index (κ2) is 11.5. The second-order valence-electron chi connectivity index (χ2n) is 13.4. The zero-order valence-corrected chi connectivity index (χ0v) is 27.6. The van der Waals surface area contributed by atoms with Crippen LogP contribution in [0.25, 0.3) is 78.1 Å². The van der Waals surface area contributed by atoms with Gasteiger partial charge in [0, 0.05) is 22.1 Å². The van der Waals surface area contributed by atoms with Crippen LogP contribution in [0.3, 0.4) is 0 Å². The van der Waals surface area contributed by atoms with E-state index in [2.05, 4.69) is 159 Å². The Hall–Kier alpha value is -6.12. The molecular formula is C47H34N2. The standard InChI is InChI=1S/C47H34N2/c1-47(2)40-28-35(25-26-39(40)45-41(47)29-36-21-12-13-24-38(36)44(45)32-17-8-4-9-18-32)34-22-14-23-37(27-34)43-30-42(31-15-6-3-7-16-31)48-46(49-43)33-19-10-5-11-20-33/h3-30H,1-2H3. The zero-order valence-electron chi connectivity index (χ0n) is 27.6. The molecule has 0 unspecified atom stereocenters. The van der Waals surface area contributed by atoms with E-state index in [0.717, 1.165) is 33.9 Å². The molecule has 9 rings (SSSR count). The lowest BCUT2D eigenvalue weighted by molar-refractivity contribution is 0.661. The van der Waals surface area contributed by atoms with Gasteiger partial charge < -0.3 is 0 Å². The van der Waals surface area contributed by atoms with Crippen molar-refractivity contribution in [3.05, 3.63) is 181 Å². The molecular weight excluding hydrogens is 593 g/mol. The van der Waals surface area contributed by atoms with Crippen LogP contribution < -0.4 is 0 Å². The minimum absolute atomic E-state index is 0.159. The van der Waals surface area contributed by atoms with Gasteiger partial charge in [-0.2, -0.15) is 0 Å². The first kappa shape index (κ1) is 29.1. The molecule has 1 heterocycles. The first-order valence-electron chi connectivity index (χ1n) is 16.9. The van der Waals surface area contributed by atoms with Gasteiger partial charge in [-0.05, 0) is 79.5 Å². The fourth-order valence-electron chi connectivity index (χ4n) is 7.56. The van der Waals surface area contributed by atoms with Crippen LogP contribution in [0.2, 0.25) is 0 Å². The molecule has 49 heavy (non-hydrogen) atoms. The van der Waals surface area contributed by atoms with Gasteiger partial charge in [0.15, 0.2) is 5.82 Å². The Morgan fingerprint density at radius 3 is 1.69 bits per heavy atom. The fraction of sp³-hybridized carbons (Fsp3) is 0.0638. The highest BCUT2D eigenvalue weighted by Gasteiger charge is 2.38. The van der Waals surface area contributed by atoms with Gasteiger partial charge in [-0.1, -0.05) is 159 Å². The molecule has 0 aliphatic heterocycles. The van der Waals surface area contributed by atoms with E-state index in [9.17, 15) is 0 Å². The SMILES string of the molecule is CC1(C)c2cc(-c3cccc(-c4cc(-c5ccccc5)nc(-c5ccccc5)n4)c3)ccc2-c2c1cc1ccccc1c2-c1ccccc1. The van der Waals surface area contributed by atoms with Crippen LogP contribution in [-0.2, 0) is 5.41 Å². The summed E-state index contributed by atoms with van der Waals surface area (Å²) in [5, 5.41) is 2.57. The number of benzene rings is 7. The first-order valence-corrected chi connectivity index (χ1v) is 16.9. The summed E-state index contributed by atoms with van der Waals surface area (Å²) in [6.45, 7) is 4.75. The monoisotopic (exact) mass is 626 g/mol. The van der Waals surface area contributed by atoms with Crippen molar-refractivity contribution in [1.29, 1.82) is 0 Å². The molecule has 0 radical (unpaired) electrons. The van der Waals surface area contributed by atoms with E-state index in [0.29, 0.717) is 0 Å². The molecule has 1 aliphatic rings. The van der Waals surface area contributed by atoms with E-state index in [1.807, 2.05) is 24.3 Å². The molecule has 0 bridgehead atoms. The van der Waals surface area contributed by atoms with Gasteiger partial charge in [0.05, 0.1) is 11.4 Å². The predicted octanol–water partition coefficient (Wildman–Crippen LogP) is 12.3. The molecule has 0 saturated heterocycles. The highest BCUT2D eigenvalue weighted by molar-refractivity contribution is 6.08. The summed E-state index contributed by atoms with van der Waals surface area (Å²) >= 11 is 0. The lowest BCUT2D eigenvalue weighted by Gasteiger charge is -2.23. The Morgan fingerprint density at radius 1 is 0.388 bits per heavy atom. The maximum absolute atomic E-state index is 5.10. The maximum atomic E-state index is 5.10. The Kier molecular flexibility index (Phi) is 6.84. The predicted molar refractivity (Wildman–Crippen MR) is 204 cm³/mol. The second-order valence-corrected chi connectivity index (χ2v) is 13.4. The van der Waals surface area contributed by atoms with Crippen molar-refractivity contribution in [1.82, 2.24) is 9.97 Å². The summed E-state index contributed by atoms with van der Waals surface area (Å²) in [5.74, 6) is 0.723. The Labute approximate surface area is 287 Å². The summed E-state index contributed by atoms with van der Waals surface area (Å²) in [6.07, 6.45) is 0. The third-order valence-electron chi connectivity index (χ3n) is 10.1. The maximum Gasteiger partial charge on any atom is 0.160 e. The third-order valence-corrected chi connectivity index (χ3v) is 10.1. The Bertz CT molecular complexity index is 2440. The first-order chi connectivity index (χ1) is 24.0. The van der Waals surface area contributed by atoms with Crippen LogP contribution >= 0.6 is 0 Å². The van der Waals surface area contributed by atoms with Gasteiger partial charge in [0.2, 0.25) is 0 Å². The Balaban J connectivity index is 1.18. The summed E-state index contributed by atoms with van der Waals surface area (Å²) in [4.78, 5) is 10.1. The smallest absolute Gasteiger partial charge is 0.160 e. The average Bonchev–Trinajstić information content (AvgIpc) is 3.39. The lowest BCUT2D eigenvalue weighted by Crippen LogP contribution is -2.15. The molecule has 1 aromatic heterocycles. The van der Waals surface area contributed by atoms with E-state index in [-0.39, 0.29) is 5.41 Å². The summed E-state index contributed by atoms with van der Waals surface area (Å²) in [7, 11) is 0. The molecule has 8 aromatic rings. The van der Waals surface area contributed by atoms with Crippen LogP contribution in [0.1, 0.15) is 25.0 Å². The fourth-order valence-corrected chi connectivity index (χ4v) is 7.56. The normalized spacial score (nSPS) is 12.9. The number of fused-ring (bicyclic) bond motifs is 4. The lowest BCUT2D eigenvalue weighted by atomic mass is 9.80. The summed E-state index contributed by atoms with van der Waals surface area (Å²) in [6, 6.07) is 60.6. The topological polar surface area (TPSA) is 25.8 Å². The zero-order chi connectivity index (χ0) is 33.0. The van der Waals surface area contributed by atoms with E-state index >= 15 is 0 Å². The highest BCUT2D eigenvalue weighted by atomic mass is 14.9. The van der Waals surface area contributed by atoms with E-state index in [4.69, 9.17) is 9.97 Å². The van der Waals surface area contributed by atoms with Gasteiger partial charge in [0.25, 0.3) is 0 Å². The van der Waals surface area contributed by atoms with Crippen molar-refractivity contribution in [2.24, 2.45) is 0 Å². The molecule has 0 saturated carbocycles. The van der Waals surface area contributed by atoms with Gasteiger partial charge in [-0.25, -0.2) is 9.97 Å². The van der Waals surface area contributed by atoms with Crippen LogP contribution in [0.5, 0.6) is 0 Å². The molecule has 0 N–H and O–H groups in total. The molecule has 2 heteroatoms. The molecule has 232 valence electrons. The van der Waals surface area contributed by atoms with E-state index in [1.165, 1.54) is 55.3 Å². The molecule has 0 amide bonds. The summed E-state index contributed by atoms with van der Waals surface area (Å²) < 4.78 is 0. The van der Waals surface area contributed by atoms with Crippen LogP contribution in [0.4, 0.5) is 0 Å². The van der Waals surface area contributed by atoms with Crippen molar-refractivity contribution in [3.8, 4) is 67.3 Å². The van der Waals surface area contributed by atoms with E-state index in [1.54, 1.807) is 0 Å². The van der Waals surface area contributed by atoms with Crippen LogP contribution in [-0.4, -0.2) is 9.97 Å². The minimum Gasteiger partial charge on any atom is -0.228 e. The third kappa shape index (κ3) is 4.96.